The Balaban J connectivity index is 3.35. The van der Waals surface area contributed by atoms with Crippen LogP contribution in [0.1, 0.15) is 418 Å². The van der Waals surface area contributed by atoms with E-state index in [2.05, 4.69) is 55.6 Å². The van der Waals surface area contributed by atoms with E-state index in [9.17, 15) is 19.8 Å². The number of unbranched alkanes of at least 4 members (excludes halogenated alkanes) is 55. The maximum Gasteiger partial charge on any atom is 0.305 e. The van der Waals surface area contributed by atoms with Crippen molar-refractivity contribution in [2.45, 2.75) is 431 Å². The van der Waals surface area contributed by atoms with Gasteiger partial charge in [-0.05, 0) is 83.5 Å². The van der Waals surface area contributed by atoms with Gasteiger partial charge in [-0.2, -0.15) is 0 Å². The summed E-state index contributed by atoms with van der Waals surface area (Å²) in [6, 6.07) is -0.626. The van der Waals surface area contributed by atoms with Crippen molar-refractivity contribution in [2.75, 3.05) is 13.2 Å². The van der Waals surface area contributed by atoms with Crippen LogP contribution in [0.25, 0.3) is 0 Å². The van der Waals surface area contributed by atoms with Gasteiger partial charge >= 0.3 is 5.97 Å². The van der Waals surface area contributed by atoms with Crippen LogP contribution in [0, 0.1) is 0 Å². The summed E-state index contributed by atoms with van der Waals surface area (Å²) in [5, 5.41) is 23.2. The van der Waals surface area contributed by atoms with E-state index < -0.39 is 12.1 Å². The molecule has 0 aromatic heterocycles. The van der Waals surface area contributed by atoms with E-state index in [0.29, 0.717) is 19.4 Å². The number of amides is 1. The van der Waals surface area contributed by atoms with Crippen LogP contribution in [0.3, 0.4) is 0 Å². The average Bonchev–Trinajstić information content (AvgIpc) is 3.51. The van der Waals surface area contributed by atoms with Gasteiger partial charge < -0.3 is 20.3 Å². The molecule has 0 spiro atoms. The highest BCUT2D eigenvalue weighted by Gasteiger charge is 2.18. The van der Waals surface area contributed by atoms with Gasteiger partial charge in [-0.1, -0.05) is 371 Å². The number of carbonyl (C=O) groups is 2. The quantitative estimate of drug-likeness (QED) is 0.0320. The van der Waals surface area contributed by atoms with Crippen molar-refractivity contribution in [2.24, 2.45) is 0 Å². The fourth-order valence-electron chi connectivity index (χ4n) is 12.0. The van der Waals surface area contributed by atoms with Crippen LogP contribution in [0.2, 0.25) is 0 Å². The van der Waals surface area contributed by atoms with Crippen molar-refractivity contribution >= 4 is 11.9 Å². The Kier molecular flexibility index (Phi) is 72.4. The minimum Gasteiger partial charge on any atom is -0.466 e. The minimum atomic E-state index is -0.842. The van der Waals surface area contributed by atoms with E-state index in [-0.39, 0.29) is 18.5 Å². The van der Waals surface area contributed by atoms with Gasteiger partial charge in [0.15, 0.2) is 0 Å². The zero-order valence-electron chi connectivity index (χ0n) is 57.4. The first kappa shape index (κ1) is 82.8. The Labute approximate surface area is 531 Å². The number of aliphatic hydroxyl groups is 2. The van der Waals surface area contributed by atoms with Crippen LogP contribution < -0.4 is 5.32 Å². The number of hydrogen-bond acceptors (Lipinski definition) is 5. The van der Waals surface area contributed by atoms with Gasteiger partial charge in [-0.3, -0.25) is 9.59 Å². The number of rotatable bonds is 72. The summed E-state index contributed by atoms with van der Waals surface area (Å²) < 4.78 is 5.48. The number of aliphatic hydroxyl groups excluding tert-OH is 2. The molecule has 1 amide bonds. The second kappa shape index (κ2) is 74.3. The Morgan fingerprint density at radius 3 is 0.953 bits per heavy atom. The third-order valence-corrected chi connectivity index (χ3v) is 17.8. The van der Waals surface area contributed by atoms with Crippen molar-refractivity contribution < 1.29 is 24.5 Å². The molecular weight excluding hydrogens is 1040 g/mol. The van der Waals surface area contributed by atoms with Gasteiger partial charge in [-0.15, -0.1) is 0 Å². The molecule has 2 unspecified atom stereocenters. The first-order chi connectivity index (χ1) is 42.0. The molecule has 6 nitrogen and oxygen atoms in total. The molecule has 0 aliphatic carbocycles. The van der Waals surface area contributed by atoms with E-state index in [1.54, 1.807) is 6.08 Å². The molecule has 0 radical (unpaired) electrons. The molecule has 0 saturated carbocycles. The molecule has 0 aliphatic heterocycles. The van der Waals surface area contributed by atoms with Crippen LogP contribution in [-0.4, -0.2) is 47.4 Å². The lowest BCUT2D eigenvalue weighted by atomic mass is 10.0. The average molecular weight is 1190 g/mol. The standard InChI is InChI=1S/C79H149NO5/c1-3-5-7-9-11-13-15-17-18-19-41-44-48-51-55-59-63-67-71-77(82)76(75-81)80-78(83)72-68-64-60-56-52-49-45-42-39-37-35-33-31-29-27-25-23-21-20-22-24-26-28-30-32-34-36-38-40-43-46-50-54-58-62-66-70-74-85-79(84)73-69-65-61-57-53-47-16-14-12-10-8-6-4-2/h8,10,14,16,20,22,67,71,76-77,81-82H,3-7,9,11-13,15,17-19,21,23-66,68-70,72-75H2,1-2H3,(H,80,83)/b10-8-,16-14-,22-20-,71-67+. The summed E-state index contributed by atoms with van der Waals surface area (Å²) in [5.41, 5.74) is 0. The zero-order valence-corrected chi connectivity index (χ0v) is 57.4. The van der Waals surface area contributed by atoms with E-state index in [1.807, 2.05) is 6.08 Å². The number of allylic oxidation sites excluding steroid dienone is 7. The Hall–Kier alpha value is -2.18. The first-order valence-corrected chi connectivity index (χ1v) is 38.4. The van der Waals surface area contributed by atoms with Crippen molar-refractivity contribution in [1.29, 1.82) is 0 Å². The Bertz CT molecular complexity index is 1420. The summed E-state index contributed by atoms with van der Waals surface area (Å²) >= 11 is 0. The van der Waals surface area contributed by atoms with E-state index in [4.69, 9.17) is 4.74 Å². The highest BCUT2D eigenvalue weighted by molar-refractivity contribution is 5.76. The highest BCUT2D eigenvalue weighted by atomic mass is 16.5. The predicted molar refractivity (Wildman–Crippen MR) is 375 cm³/mol. The summed E-state index contributed by atoms with van der Waals surface area (Å²) in [6.07, 6.45) is 98.0. The molecule has 2 atom stereocenters. The highest BCUT2D eigenvalue weighted by Crippen LogP contribution is 2.19. The first-order valence-electron chi connectivity index (χ1n) is 38.4. The van der Waals surface area contributed by atoms with Crippen molar-refractivity contribution in [1.82, 2.24) is 5.32 Å². The fourth-order valence-corrected chi connectivity index (χ4v) is 12.0. The van der Waals surface area contributed by atoms with Crippen LogP contribution in [0.5, 0.6) is 0 Å². The molecule has 0 aliphatic rings. The summed E-state index contributed by atoms with van der Waals surface area (Å²) in [4.78, 5) is 24.6. The molecule has 85 heavy (non-hydrogen) atoms. The maximum atomic E-state index is 12.5. The lowest BCUT2D eigenvalue weighted by molar-refractivity contribution is -0.143. The van der Waals surface area contributed by atoms with Gasteiger partial charge in [0.25, 0.3) is 0 Å². The fraction of sp³-hybridized carbons (Fsp3) is 0.873. The molecule has 6 heteroatoms. The topological polar surface area (TPSA) is 95.9 Å². The van der Waals surface area contributed by atoms with Gasteiger partial charge in [0, 0.05) is 12.8 Å². The second-order valence-electron chi connectivity index (χ2n) is 26.3. The predicted octanol–water partition coefficient (Wildman–Crippen LogP) is 25.2. The number of esters is 1. The number of hydrogen-bond donors (Lipinski definition) is 3. The smallest absolute Gasteiger partial charge is 0.305 e. The number of carbonyl (C=O) groups excluding carboxylic acids is 2. The van der Waals surface area contributed by atoms with Gasteiger partial charge in [0.2, 0.25) is 5.91 Å². The lowest BCUT2D eigenvalue weighted by Crippen LogP contribution is -2.45. The monoisotopic (exact) mass is 1190 g/mol. The van der Waals surface area contributed by atoms with E-state index >= 15 is 0 Å². The van der Waals surface area contributed by atoms with Crippen molar-refractivity contribution in [3.8, 4) is 0 Å². The SMILES string of the molecule is CCC/C=C\C/C=C\CCCCCCCC(=O)OCCCCCCCCCCCCCCCCCC/C=C\CCCCCCCCCCCCCCCCCCCC(=O)NC(CO)C(O)/C=C/CCCCCCCCCCCCCCCCCC. The molecule has 0 aromatic carbocycles. The van der Waals surface area contributed by atoms with Crippen molar-refractivity contribution in [3.63, 3.8) is 0 Å². The molecule has 0 bridgehead atoms. The largest absolute Gasteiger partial charge is 0.466 e. The van der Waals surface area contributed by atoms with Crippen LogP contribution in [0.4, 0.5) is 0 Å². The van der Waals surface area contributed by atoms with Crippen LogP contribution in [0.15, 0.2) is 48.6 Å². The third kappa shape index (κ3) is 70.8. The van der Waals surface area contributed by atoms with Crippen LogP contribution in [-0.2, 0) is 14.3 Å². The third-order valence-electron chi connectivity index (χ3n) is 17.8. The number of nitrogens with one attached hydrogen (secondary N) is 1. The minimum absolute atomic E-state index is 0.00600. The lowest BCUT2D eigenvalue weighted by Gasteiger charge is -2.20. The second-order valence-corrected chi connectivity index (χ2v) is 26.3. The number of ether oxygens (including phenoxy) is 1. The van der Waals surface area contributed by atoms with Gasteiger partial charge in [-0.25, -0.2) is 0 Å². The molecule has 0 saturated heterocycles. The van der Waals surface area contributed by atoms with Gasteiger partial charge in [0.1, 0.15) is 0 Å². The molecule has 0 aromatic rings. The molecule has 0 heterocycles. The van der Waals surface area contributed by atoms with E-state index in [1.165, 1.54) is 340 Å². The molecular formula is C79H149NO5. The van der Waals surface area contributed by atoms with Crippen LogP contribution >= 0.6 is 0 Å². The Morgan fingerprint density at radius 2 is 0.612 bits per heavy atom. The maximum absolute atomic E-state index is 12.5. The summed E-state index contributed by atoms with van der Waals surface area (Å²) in [5.74, 6) is -0.0547. The molecule has 3 N–H and O–H groups in total. The normalized spacial score (nSPS) is 12.8. The van der Waals surface area contributed by atoms with Crippen molar-refractivity contribution in [3.05, 3.63) is 48.6 Å². The summed E-state index contributed by atoms with van der Waals surface area (Å²) in [7, 11) is 0. The zero-order chi connectivity index (χ0) is 61.3. The molecule has 0 rings (SSSR count). The Morgan fingerprint density at radius 1 is 0.329 bits per heavy atom. The summed E-state index contributed by atoms with van der Waals surface area (Å²) in [6.45, 7) is 4.87. The molecule has 500 valence electrons. The van der Waals surface area contributed by atoms with Gasteiger partial charge in [0.05, 0.1) is 25.4 Å². The molecule has 0 fully saturated rings. The van der Waals surface area contributed by atoms with E-state index in [0.717, 1.165) is 51.4 Å².